The largest absolute Gasteiger partial charge is 0.506 e. The Labute approximate surface area is 102 Å². The molecule has 1 fully saturated rings. The van der Waals surface area contributed by atoms with Gasteiger partial charge in [0.1, 0.15) is 11.4 Å². The maximum atomic E-state index is 11.7. The SMILES string of the molecule is C#CC1CC(=O)N(c2c(O)cccc2Br)C1. The van der Waals surface area contributed by atoms with Gasteiger partial charge < -0.3 is 10.0 Å². The second-order valence-corrected chi connectivity index (χ2v) is 4.53. The molecule has 1 atom stereocenters. The minimum Gasteiger partial charge on any atom is -0.506 e. The van der Waals surface area contributed by atoms with E-state index in [9.17, 15) is 9.90 Å². The average Bonchev–Trinajstić information content (AvgIpc) is 2.60. The first-order valence-electron chi connectivity index (χ1n) is 4.87. The van der Waals surface area contributed by atoms with Crippen molar-refractivity contribution in [3.63, 3.8) is 0 Å². The molecule has 3 nitrogen and oxygen atoms in total. The van der Waals surface area contributed by atoms with E-state index in [0.717, 1.165) is 0 Å². The molecular weight excluding hydrogens is 270 g/mol. The predicted molar refractivity (Wildman–Crippen MR) is 65.1 cm³/mol. The van der Waals surface area contributed by atoms with Crippen molar-refractivity contribution in [2.24, 2.45) is 5.92 Å². The van der Waals surface area contributed by atoms with E-state index in [-0.39, 0.29) is 17.6 Å². The molecule has 1 aliphatic rings. The second kappa shape index (κ2) is 4.18. The van der Waals surface area contributed by atoms with Gasteiger partial charge in [0.25, 0.3) is 0 Å². The lowest BCUT2D eigenvalue weighted by Crippen LogP contribution is -2.24. The highest BCUT2D eigenvalue weighted by Crippen LogP contribution is 2.38. The Bertz CT molecular complexity index is 458. The van der Waals surface area contributed by atoms with Crippen LogP contribution in [0.15, 0.2) is 22.7 Å². The van der Waals surface area contributed by atoms with Gasteiger partial charge in [0.15, 0.2) is 0 Å². The Morgan fingerprint density at radius 3 is 2.88 bits per heavy atom. The van der Waals surface area contributed by atoms with Crippen molar-refractivity contribution in [1.29, 1.82) is 0 Å². The topological polar surface area (TPSA) is 40.5 Å². The number of halogens is 1. The molecule has 0 radical (unpaired) electrons. The van der Waals surface area contributed by atoms with E-state index in [0.29, 0.717) is 23.1 Å². The van der Waals surface area contributed by atoms with Crippen molar-refractivity contribution in [2.45, 2.75) is 6.42 Å². The van der Waals surface area contributed by atoms with Gasteiger partial charge in [0.2, 0.25) is 5.91 Å². The molecule has 4 heteroatoms. The van der Waals surface area contributed by atoms with Crippen LogP contribution < -0.4 is 4.90 Å². The molecule has 1 heterocycles. The minimum absolute atomic E-state index is 0.0508. The summed E-state index contributed by atoms with van der Waals surface area (Å²) in [6, 6.07) is 5.05. The van der Waals surface area contributed by atoms with Gasteiger partial charge in [0, 0.05) is 23.4 Å². The highest BCUT2D eigenvalue weighted by Gasteiger charge is 2.31. The number of phenolic OH excluding ortho intramolecular Hbond substituents is 1. The normalized spacial score (nSPS) is 19.9. The second-order valence-electron chi connectivity index (χ2n) is 3.68. The van der Waals surface area contributed by atoms with Crippen molar-refractivity contribution in [2.75, 3.05) is 11.4 Å². The van der Waals surface area contributed by atoms with Crippen molar-refractivity contribution >= 4 is 27.5 Å². The monoisotopic (exact) mass is 279 g/mol. The molecule has 82 valence electrons. The van der Waals surface area contributed by atoms with Crippen LogP contribution in [-0.2, 0) is 4.79 Å². The first-order valence-corrected chi connectivity index (χ1v) is 5.66. The average molecular weight is 280 g/mol. The Morgan fingerprint density at radius 1 is 1.56 bits per heavy atom. The zero-order valence-electron chi connectivity index (χ0n) is 8.48. The number of terminal acetylenes is 1. The van der Waals surface area contributed by atoms with Crippen molar-refractivity contribution in [3.05, 3.63) is 22.7 Å². The molecule has 1 N–H and O–H groups in total. The van der Waals surface area contributed by atoms with Crippen LogP contribution in [0.5, 0.6) is 5.75 Å². The lowest BCUT2D eigenvalue weighted by Gasteiger charge is -2.18. The van der Waals surface area contributed by atoms with Crippen LogP contribution >= 0.6 is 15.9 Å². The summed E-state index contributed by atoms with van der Waals surface area (Å²) in [5.41, 5.74) is 0.505. The highest BCUT2D eigenvalue weighted by molar-refractivity contribution is 9.10. The van der Waals surface area contributed by atoms with Crippen LogP contribution in [0.3, 0.4) is 0 Å². The molecular formula is C12H10BrNO2. The quantitative estimate of drug-likeness (QED) is 0.801. The van der Waals surface area contributed by atoms with Gasteiger partial charge in [-0.1, -0.05) is 6.07 Å². The van der Waals surface area contributed by atoms with Gasteiger partial charge in [-0.15, -0.1) is 12.3 Å². The molecule has 0 aromatic heterocycles. The number of nitrogens with zero attached hydrogens (tertiary/aromatic N) is 1. The zero-order chi connectivity index (χ0) is 11.7. The van der Waals surface area contributed by atoms with Crippen LogP contribution in [0.25, 0.3) is 0 Å². The van der Waals surface area contributed by atoms with Gasteiger partial charge in [-0.25, -0.2) is 0 Å². The molecule has 1 aliphatic heterocycles. The van der Waals surface area contributed by atoms with E-state index in [1.54, 1.807) is 18.2 Å². The Morgan fingerprint density at radius 2 is 2.31 bits per heavy atom. The molecule has 0 saturated carbocycles. The predicted octanol–water partition coefficient (Wildman–Crippen LogP) is 2.14. The Balaban J connectivity index is 2.39. The van der Waals surface area contributed by atoms with Gasteiger partial charge in [-0.2, -0.15) is 0 Å². The minimum atomic E-state index is -0.0704. The van der Waals surface area contributed by atoms with E-state index in [1.807, 2.05) is 0 Å². The summed E-state index contributed by atoms with van der Waals surface area (Å²) in [5.74, 6) is 2.54. The first kappa shape index (κ1) is 11.0. The van der Waals surface area contributed by atoms with Crippen LogP contribution in [-0.4, -0.2) is 17.6 Å². The molecule has 1 aromatic carbocycles. The number of para-hydroxylation sites is 1. The smallest absolute Gasteiger partial charge is 0.228 e. The lowest BCUT2D eigenvalue weighted by molar-refractivity contribution is -0.117. The summed E-state index contributed by atoms with van der Waals surface area (Å²) in [4.78, 5) is 13.3. The number of benzene rings is 1. The van der Waals surface area contributed by atoms with Crippen LogP contribution in [0.4, 0.5) is 5.69 Å². The maximum Gasteiger partial charge on any atom is 0.228 e. The number of rotatable bonds is 1. The van der Waals surface area contributed by atoms with Gasteiger partial charge in [-0.05, 0) is 28.1 Å². The van der Waals surface area contributed by atoms with Crippen molar-refractivity contribution < 1.29 is 9.90 Å². The van der Waals surface area contributed by atoms with Crippen molar-refractivity contribution in [3.8, 4) is 18.1 Å². The van der Waals surface area contributed by atoms with E-state index in [1.165, 1.54) is 4.90 Å². The lowest BCUT2D eigenvalue weighted by atomic mass is 10.1. The number of anilines is 1. The summed E-state index contributed by atoms with van der Waals surface area (Å²) >= 11 is 3.32. The van der Waals surface area contributed by atoms with E-state index < -0.39 is 0 Å². The number of hydrogen-bond donors (Lipinski definition) is 1. The van der Waals surface area contributed by atoms with Crippen LogP contribution in [0.2, 0.25) is 0 Å². The molecule has 0 spiro atoms. The molecule has 1 aromatic rings. The highest BCUT2D eigenvalue weighted by atomic mass is 79.9. The van der Waals surface area contributed by atoms with Crippen LogP contribution in [0.1, 0.15) is 6.42 Å². The molecule has 1 amide bonds. The number of hydrogen-bond acceptors (Lipinski definition) is 2. The molecule has 0 bridgehead atoms. The number of carbonyl (C=O) groups is 1. The number of amides is 1. The Hall–Kier alpha value is -1.47. The number of phenols is 1. The summed E-state index contributed by atoms with van der Waals surface area (Å²) in [5, 5.41) is 9.75. The third-order valence-corrected chi connectivity index (χ3v) is 3.24. The molecule has 1 saturated heterocycles. The fraction of sp³-hybridized carbons (Fsp3) is 0.250. The first-order chi connectivity index (χ1) is 7.63. The van der Waals surface area contributed by atoms with Crippen molar-refractivity contribution in [1.82, 2.24) is 0 Å². The standard InChI is InChI=1S/C12H10BrNO2/c1-2-8-6-11(16)14(7-8)12-9(13)4-3-5-10(12)15/h1,3-5,8,15H,6-7H2. The third kappa shape index (κ3) is 1.79. The fourth-order valence-electron chi connectivity index (χ4n) is 1.81. The maximum absolute atomic E-state index is 11.7. The van der Waals surface area contributed by atoms with Gasteiger partial charge >= 0.3 is 0 Å². The summed E-state index contributed by atoms with van der Waals surface area (Å²) < 4.78 is 0.693. The fourth-order valence-corrected chi connectivity index (χ4v) is 2.38. The van der Waals surface area contributed by atoms with E-state index in [4.69, 9.17) is 6.42 Å². The third-order valence-electron chi connectivity index (χ3n) is 2.60. The Kier molecular flexibility index (Phi) is 2.88. The van der Waals surface area contributed by atoms with Gasteiger partial charge in [-0.3, -0.25) is 4.79 Å². The van der Waals surface area contributed by atoms with E-state index in [2.05, 4.69) is 21.9 Å². The molecule has 1 unspecified atom stereocenters. The number of aromatic hydroxyl groups is 1. The van der Waals surface area contributed by atoms with Crippen LogP contribution in [0, 0.1) is 18.3 Å². The summed E-state index contributed by atoms with van der Waals surface area (Å²) in [7, 11) is 0. The molecule has 16 heavy (non-hydrogen) atoms. The summed E-state index contributed by atoms with van der Waals surface area (Å²) in [6.07, 6.45) is 5.65. The molecule has 0 aliphatic carbocycles. The number of carbonyl (C=O) groups excluding carboxylic acids is 1. The zero-order valence-corrected chi connectivity index (χ0v) is 10.1. The van der Waals surface area contributed by atoms with E-state index >= 15 is 0 Å². The van der Waals surface area contributed by atoms with Gasteiger partial charge in [0.05, 0.1) is 0 Å². The molecule has 2 rings (SSSR count). The summed E-state index contributed by atoms with van der Waals surface area (Å²) in [6.45, 7) is 0.464.